The van der Waals surface area contributed by atoms with E-state index >= 15 is 0 Å². The molecule has 3 aromatic heterocycles. The Morgan fingerprint density at radius 1 is 1.02 bits per heavy atom. The fourth-order valence-corrected chi connectivity index (χ4v) is 8.05. The van der Waals surface area contributed by atoms with Crippen molar-refractivity contribution in [3.63, 3.8) is 0 Å². The lowest BCUT2D eigenvalue weighted by Gasteiger charge is -2.36. The molecule has 2 aliphatic heterocycles. The predicted molar refractivity (Wildman–Crippen MR) is 175 cm³/mol. The van der Waals surface area contributed by atoms with Crippen LogP contribution in [0.3, 0.4) is 0 Å². The third-order valence-electron chi connectivity index (χ3n) is 9.78. The van der Waals surface area contributed by atoms with Crippen molar-refractivity contribution in [2.45, 2.75) is 103 Å². The molecule has 0 spiro atoms. The average Bonchev–Trinajstić information content (AvgIpc) is 3.54. The van der Waals surface area contributed by atoms with Gasteiger partial charge in [-0.25, -0.2) is 18.7 Å². The number of nitrogens with zero attached hydrogens (tertiary/aromatic N) is 5. The summed E-state index contributed by atoms with van der Waals surface area (Å²) in [6.07, 6.45) is -2.92. The maximum absolute atomic E-state index is 13.7. The Kier molecular flexibility index (Phi) is 9.35. The topological polar surface area (TPSA) is 49.2 Å². The molecule has 0 aliphatic carbocycles. The summed E-state index contributed by atoms with van der Waals surface area (Å²) in [4.78, 5) is 14.7. The van der Waals surface area contributed by atoms with Crippen molar-refractivity contribution in [2.24, 2.45) is 0 Å². The highest BCUT2D eigenvalue weighted by Gasteiger charge is 2.35. The Balaban J connectivity index is 1.09. The number of likely N-dealkylation sites (tertiary alicyclic amines) is 2. The van der Waals surface area contributed by atoms with Crippen molar-refractivity contribution in [3.8, 4) is 0 Å². The van der Waals surface area contributed by atoms with E-state index in [0.717, 1.165) is 50.4 Å². The standard InChI is InChI=1S/C34H43F5N6S/c1-5-30-41-31(28-17-26(18-34(37,38)39)46-32(28)42-30)40-25-8-12-43(13-9-25)20-24-6-7-29-27(23(24)4)16-21(2)45(29)19-22(3)44-14-10-33(35,36)11-15-44/h6-7,16-17,22,25H,5,8-15,18-20H2,1-4H3,(H,40,41,42)/t22-/m0/s1. The van der Waals surface area contributed by atoms with Crippen molar-refractivity contribution >= 4 is 38.3 Å². The zero-order valence-electron chi connectivity index (χ0n) is 27.0. The Hall–Kier alpha value is -2.83. The van der Waals surface area contributed by atoms with Gasteiger partial charge in [-0.1, -0.05) is 13.0 Å². The van der Waals surface area contributed by atoms with Gasteiger partial charge in [-0.3, -0.25) is 9.80 Å². The molecule has 0 unspecified atom stereocenters. The molecule has 1 atom stereocenters. The van der Waals surface area contributed by atoms with Gasteiger partial charge in [0.1, 0.15) is 16.5 Å². The number of benzene rings is 1. The van der Waals surface area contributed by atoms with Crippen LogP contribution >= 0.6 is 11.3 Å². The van der Waals surface area contributed by atoms with Crippen LogP contribution in [0.25, 0.3) is 21.1 Å². The molecule has 0 bridgehead atoms. The molecule has 6 nitrogen and oxygen atoms in total. The molecular weight excluding hydrogens is 619 g/mol. The van der Waals surface area contributed by atoms with Crippen molar-refractivity contribution < 1.29 is 22.0 Å². The van der Waals surface area contributed by atoms with E-state index in [2.05, 4.69) is 68.6 Å². The number of anilines is 1. The van der Waals surface area contributed by atoms with Gasteiger partial charge in [-0.15, -0.1) is 11.3 Å². The number of aromatic nitrogens is 3. The van der Waals surface area contributed by atoms with Crippen LogP contribution < -0.4 is 5.32 Å². The van der Waals surface area contributed by atoms with E-state index in [9.17, 15) is 22.0 Å². The van der Waals surface area contributed by atoms with E-state index < -0.39 is 18.5 Å². The Morgan fingerprint density at radius 2 is 1.74 bits per heavy atom. The molecule has 250 valence electrons. The minimum Gasteiger partial charge on any atom is -0.367 e. The summed E-state index contributed by atoms with van der Waals surface area (Å²) < 4.78 is 68.9. The van der Waals surface area contributed by atoms with E-state index in [1.165, 1.54) is 27.7 Å². The van der Waals surface area contributed by atoms with E-state index in [1.807, 2.05) is 6.92 Å². The highest BCUT2D eigenvalue weighted by molar-refractivity contribution is 7.18. The Morgan fingerprint density at radius 3 is 2.41 bits per heavy atom. The molecule has 0 saturated carbocycles. The molecule has 46 heavy (non-hydrogen) atoms. The van der Waals surface area contributed by atoms with Crippen LogP contribution in [-0.4, -0.2) is 74.7 Å². The van der Waals surface area contributed by atoms with Crippen LogP contribution in [0.15, 0.2) is 24.3 Å². The molecule has 1 aromatic carbocycles. The third kappa shape index (κ3) is 7.33. The van der Waals surface area contributed by atoms with Crippen LogP contribution in [0, 0.1) is 13.8 Å². The second-order valence-corrected chi connectivity index (χ2v) is 14.3. The molecule has 1 N–H and O–H groups in total. The molecule has 12 heteroatoms. The molecule has 6 rings (SSSR count). The van der Waals surface area contributed by atoms with Crippen molar-refractivity contribution in [1.82, 2.24) is 24.3 Å². The Labute approximate surface area is 271 Å². The van der Waals surface area contributed by atoms with Gasteiger partial charge in [0.15, 0.2) is 0 Å². The zero-order chi connectivity index (χ0) is 32.8. The summed E-state index contributed by atoms with van der Waals surface area (Å²) in [5.74, 6) is -1.27. The van der Waals surface area contributed by atoms with Gasteiger partial charge in [0.05, 0.1) is 11.8 Å². The van der Waals surface area contributed by atoms with Crippen molar-refractivity contribution in [1.29, 1.82) is 0 Å². The SMILES string of the molecule is CCc1nc(NC2CCN(Cc3ccc4c(cc(C)n4C[C@H](C)N4CCC(F)(F)CC4)c3C)CC2)c2cc(CC(F)(F)F)sc2n1. The number of fused-ring (bicyclic) bond motifs is 2. The van der Waals surface area contributed by atoms with Gasteiger partial charge in [0.25, 0.3) is 5.92 Å². The average molecular weight is 663 g/mol. The molecule has 2 saturated heterocycles. The third-order valence-corrected chi connectivity index (χ3v) is 10.8. The summed E-state index contributed by atoms with van der Waals surface area (Å²) in [5, 5.41) is 5.46. The molecule has 0 radical (unpaired) electrons. The number of thiophene rings is 1. The first-order valence-corrected chi connectivity index (χ1v) is 17.2. The Bertz CT molecular complexity index is 1680. The number of alkyl halides is 5. The largest absolute Gasteiger partial charge is 0.393 e. The van der Waals surface area contributed by atoms with Gasteiger partial charge in [0.2, 0.25) is 0 Å². The molecule has 0 amide bonds. The molecule has 5 heterocycles. The summed E-state index contributed by atoms with van der Waals surface area (Å²) in [6, 6.07) is 8.62. The number of halogens is 5. The monoisotopic (exact) mass is 662 g/mol. The van der Waals surface area contributed by atoms with Crippen LogP contribution in [-0.2, 0) is 25.9 Å². The minimum absolute atomic E-state index is 0.0659. The highest BCUT2D eigenvalue weighted by Crippen LogP contribution is 2.35. The number of rotatable bonds is 9. The van der Waals surface area contributed by atoms with Crippen LogP contribution in [0.5, 0.6) is 0 Å². The van der Waals surface area contributed by atoms with Gasteiger partial charge >= 0.3 is 6.18 Å². The van der Waals surface area contributed by atoms with Gasteiger partial charge in [-0.05, 0) is 62.9 Å². The zero-order valence-corrected chi connectivity index (χ0v) is 27.8. The summed E-state index contributed by atoms with van der Waals surface area (Å²) >= 11 is 1.10. The molecular formula is C34H43F5N6S. The first-order chi connectivity index (χ1) is 21.8. The van der Waals surface area contributed by atoms with Crippen LogP contribution in [0.2, 0.25) is 0 Å². The lowest BCUT2D eigenvalue weighted by Crippen LogP contribution is -2.45. The maximum Gasteiger partial charge on any atom is 0.393 e. The number of hydrogen-bond acceptors (Lipinski definition) is 6. The van der Waals surface area contributed by atoms with Crippen molar-refractivity contribution in [3.05, 3.63) is 51.8 Å². The lowest BCUT2D eigenvalue weighted by atomic mass is 10.0. The van der Waals surface area contributed by atoms with Crippen molar-refractivity contribution in [2.75, 3.05) is 31.5 Å². The van der Waals surface area contributed by atoms with E-state index in [4.69, 9.17) is 0 Å². The maximum atomic E-state index is 13.7. The van der Waals surface area contributed by atoms with Crippen LogP contribution in [0.4, 0.5) is 27.8 Å². The number of aryl methyl sites for hydroxylation is 3. The summed E-state index contributed by atoms with van der Waals surface area (Å²) in [6.45, 7) is 12.7. The number of hydrogen-bond donors (Lipinski definition) is 1. The smallest absolute Gasteiger partial charge is 0.367 e. The van der Waals surface area contributed by atoms with Gasteiger partial charge < -0.3 is 9.88 Å². The molecule has 2 fully saturated rings. The number of piperidine rings is 2. The fraction of sp³-hybridized carbons (Fsp3) is 0.588. The predicted octanol–water partition coefficient (Wildman–Crippen LogP) is 8.13. The van der Waals surface area contributed by atoms with E-state index in [-0.39, 0.29) is 29.8 Å². The van der Waals surface area contributed by atoms with Crippen LogP contribution in [0.1, 0.15) is 67.1 Å². The lowest BCUT2D eigenvalue weighted by molar-refractivity contribution is -0.126. The van der Waals surface area contributed by atoms with Gasteiger partial charge in [-0.2, -0.15) is 13.2 Å². The van der Waals surface area contributed by atoms with E-state index in [0.29, 0.717) is 41.4 Å². The molecule has 4 aromatic rings. The summed E-state index contributed by atoms with van der Waals surface area (Å²) in [7, 11) is 0. The summed E-state index contributed by atoms with van der Waals surface area (Å²) in [5.41, 5.74) is 4.93. The van der Waals surface area contributed by atoms with Gasteiger partial charge in [0, 0.05) is 92.1 Å². The molecule has 2 aliphatic rings. The number of nitrogens with one attached hydrogen (secondary N) is 1. The quantitative estimate of drug-likeness (QED) is 0.184. The van der Waals surface area contributed by atoms with E-state index in [1.54, 1.807) is 6.07 Å². The second-order valence-electron chi connectivity index (χ2n) is 13.2. The normalized spacial score (nSPS) is 19.3. The first kappa shape index (κ1) is 33.1. The fourth-order valence-electron chi connectivity index (χ4n) is 6.98. The minimum atomic E-state index is -4.26. The second kappa shape index (κ2) is 13.0. The highest BCUT2D eigenvalue weighted by atomic mass is 32.1. The first-order valence-electron chi connectivity index (χ1n) is 16.3.